The largest absolute Gasteiger partial charge is 0.392 e. The van der Waals surface area contributed by atoms with Crippen LogP contribution >= 0.6 is 0 Å². The lowest BCUT2D eigenvalue weighted by Gasteiger charge is -2.64. The number of aliphatic hydroxyl groups excluding tert-OH is 3. The van der Waals surface area contributed by atoms with Gasteiger partial charge in [0.15, 0.2) is 5.78 Å². The van der Waals surface area contributed by atoms with Gasteiger partial charge in [0.1, 0.15) is 6.04 Å². The van der Waals surface area contributed by atoms with Crippen LogP contribution in [0.5, 0.6) is 0 Å². The van der Waals surface area contributed by atoms with E-state index in [1.54, 1.807) is 6.92 Å². The van der Waals surface area contributed by atoms with Gasteiger partial charge < -0.3 is 24.6 Å². The minimum absolute atomic E-state index is 0.0238. The molecular formula is C44H55NO5. The number of fused-ring (bicyclic) bond motifs is 11. The Labute approximate surface area is 298 Å². The zero-order valence-electron chi connectivity index (χ0n) is 31.6. The fourth-order valence-corrected chi connectivity index (χ4v) is 12.1. The SMILES string of the molecule is C=C(C)[C@H]1C(=O)c2c3c(cc4c5c(n1c24)[C@@]1(C)[C](CC[C@H]2[C@](C)(/C=C/C=C(\C)C(C)O)[C@@H](O)CC[C@@]21C)C5)C1=CC(C)(C)OC(C)(C)[C]1[C@@H]3O. The van der Waals surface area contributed by atoms with Crippen LogP contribution in [0.15, 0.2) is 48.1 Å². The van der Waals surface area contributed by atoms with Crippen LogP contribution in [-0.2, 0) is 16.6 Å². The molecule has 0 amide bonds. The number of aliphatic hydroxyl groups is 3. The van der Waals surface area contributed by atoms with Crippen molar-refractivity contribution in [1.29, 1.82) is 0 Å². The van der Waals surface area contributed by atoms with Crippen molar-refractivity contribution in [2.75, 3.05) is 0 Å². The molecule has 1 aromatic heterocycles. The zero-order chi connectivity index (χ0) is 36.2. The van der Waals surface area contributed by atoms with E-state index in [9.17, 15) is 20.1 Å². The van der Waals surface area contributed by atoms with Crippen molar-refractivity contribution in [1.82, 2.24) is 4.57 Å². The van der Waals surface area contributed by atoms with Gasteiger partial charge in [-0.2, -0.15) is 0 Å². The predicted molar refractivity (Wildman–Crippen MR) is 199 cm³/mol. The molecule has 3 heterocycles. The quantitative estimate of drug-likeness (QED) is 0.223. The number of nitrogens with zero attached hydrogens (tertiary/aromatic N) is 1. The second-order valence-corrected chi connectivity index (χ2v) is 18.3. The van der Waals surface area contributed by atoms with Crippen LogP contribution in [0.25, 0.3) is 16.5 Å². The van der Waals surface area contributed by atoms with Gasteiger partial charge >= 0.3 is 0 Å². The van der Waals surface area contributed by atoms with E-state index in [0.29, 0.717) is 12.0 Å². The van der Waals surface area contributed by atoms with Gasteiger partial charge in [-0.3, -0.25) is 4.79 Å². The molecule has 0 saturated heterocycles. The molecule has 6 nitrogen and oxygen atoms in total. The summed E-state index contributed by atoms with van der Waals surface area (Å²) < 4.78 is 8.84. The smallest absolute Gasteiger partial charge is 0.192 e. The molecule has 2 aromatic rings. The lowest BCUT2D eigenvalue weighted by atomic mass is 9.40. The Kier molecular flexibility index (Phi) is 7.16. The Morgan fingerprint density at radius 3 is 2.46 bits per heavy atom. The molecule has 2 saturated carbocycles. The van der Waals surface area contributed by atoms with Gasteiger partial charge in [-0.05, 0) is 132 Å². The van der Waals surface area contributed by atoms with Crippen LogP contribution in [-0.4, -0.2) is 49.1 Å². The van der Waals surface area contributed by atoms with Crippen molar-refractivity contribution in [3.05, 3.63) is 87.9 Å². The molecule has 2 aliphatic heterocycles. The molecule has 1 aromatic carbocycles. The van der Waals surface area contributed by atoms with Crippen LogP contribution in [0.2, 0.25) is 0 Å². The second-order valence-electron chi connectivity index (χ2n) is 18.3. The lowest BCUT2D eigenvalue weighted by Crippen LogP contribution is -2.61. The van der Waals surface area contributed by atoms with E-state index in [0.717, 1.165) is 70.4 Å². The van der Waals surface area contributed by atoms with E-state index in [1.807, 2.05) is 39.8 Å². The maximum atomic E-state index is 14.8. The molecule has 2 fully saturated rings. The molecule has 6 aliphatic rings. The number of aromatic nitrogens is 1. The highest BCUT2D eigenvalue weighted by Crippen LogP contribution is 2.72. The Morgan fingerprint density at radius 2 is 1.80 bits per heavy atom. The first-order valence-corrected chi connectivity index (χ1v) is 18.7. The highest BCUT2D eigenvalue weighted by Gasteiger charge is 2.68. The summed E-state index contributed by atoms with van der Waals surface area (Å²) >= 11 is 0. The lowest BCUT2D eigenvalue weighted by molar-refractivity contribution is -0.122. The van der Waals surface area contributed by atoms with E-state index < -0.39 is 41.0 Å². The summed E-state index contributed by atoms with van der Waals surface area (Å²) in [5.41, 5.74) is 6.34. The summed E-state index contributed by atoms with van der Waals surface area (Å²) in [5.74, 6) is 2.58. The standard InChI is InChI=1S/C44H55NO5/c1-22(2)35-38(49)33-32-26(29-21-40(5,6)50-41(7,8)34(29)37(32)48)20-27-28-19-25-14-15-30-42(9,17-12-13-23(3)24(4)46)31(47)16-18-43(30,10)44(25,11)39(28)45(35)36(27)33/h12-13,17,20-21,24,30-31,35,37,46-48H,1,14-16,18-19H2,2-11H3/b17-12+,23-13+/t24?,30-,31-,35-,37+,42-,43-,44+/m0/s1. The van der Waals surface area contributed by atoms with E-state index in [4.69, 9.17) is 4.74 Å². The molecule has 2 radical (unpaired) electrons. The molecule has 3 N–H and O–H groups in total. The van der Waals surface area contributed by atoms with Crippen molar-refractivity contribution in [3.63, 3.8) is 0 Å². The number of allylic oxidation sites excluding steroid dienone is 3. The Morgan fingerprint density at radius 1 is 1.10 bits per heavy atom. The van der Waals surface area contributed by atoms with E-state index in [2.05, 4.69) is 64.0 Å². The maximum absolute atomic E-state index is 14.8. The number of carbonyl (C=O) groups excluding carboxylic acids is 1. The molecular weight excluding hydrogens is 622 g/mol. The summed E-state index contributed by atoms with van der Waals surface area (Å²) in [4.78, 5) is 14.8. The maximum Gasteiger partial charge on any atom is 0.192 e. The van der Waals surface area contributed by atoms with E-state index in [1.165, 1.54) is 17.2 Å². The minimum Gasteiger partial charge on any atom is -0.392 e. The molecule has 4 aliphatic carbocycles. The highest BCUT2D eigenvalue weighted by atomic mass is 16.5. The van der Waals surface area contributed by atoms with Gasteiger partial charge in [0, 0.05) is 27.5 Å². The van der Waals surface area contributed by atoms with Crippen LogP contribution < -0.4 is 0 Å². The van der Waals surface area contributed by atoms with Crippen molar-refractivity contribution in [2.45, 2.75) is 142 Å². The van der Waals surface area contributed by atoms with Crippen LogP contribution in [0.4, 0.5) is 0 Å². The Balaban J connectivity index is 1.36. The third-order valence-electron chi connectivity index (χ3n) is 14.5. The summed E-state index contributed by atoms with van der Waals surface area (Å²) in [6, 6.07) is 1.75. The van der Waals surface area contributed by atoms with E-state index in [-0.39, 0.29) is 22.5 Å². The molecule has 266 valence electrons. The number of Topliss-reactive ketones (excluding diaryl/α,β-unsaturated/α-hetero) is 1. The fourth-order valence-electron chi connectivity index (χ4n) is 12.1. The Bertz CT molecular complexity index is 1970. The molecule has 0 spiro atoms. The van der Waals surface area contributed by atoms with Crippen molar-refractivity contribution >= 4 is 22.3 Å². The Hall–Kier alpha value is -2.77. The molecule has 0 bridgehead atoms. The highest BCUT2D eigenvalue weighted by molar-refractivity contribution is 6.19. The second kappa shape index (κ2) is 10.4. The summed E-state index contributed by atoms with van der Waals surface area (Å²) in [6.45, 7) is 25.3. The summed E-state index contributed by atoms with van der Waals surface area (Å²) in [6.07, 6.45) is 10.8. The van der Waals surface area contributed by atoms with Gasteiger partial charge in [-0.1, -0.05) is 51.2 Å². The van der Waals surface area contributed by atoms with Crippen molar-refractivity contribution in [3.8, 4) is 0 Å². The number of ether oxygens (including phenoxy) is 1. The molecule has 50 heavy (non-hydrogen) atoms. The van der Waals surface area contributed by atoms with Gasteiger partial charge in [0.05, 0.1) is 46.5 Å². The first-order chi connectivity index (χ1) is 23.2. The number of rotatable bonds is 4. The van der Waals surface area contributed by atoms with Gasteiger partial charge in [0.25, 0.3) is 0 Å². The van der Waals surface area contributed by atoms with Gasteiger partial charge in [-0.25, -0.2) is 0 Å². The molecule has 6 heteroatoms. The van der Waals surface area contributed by atoms with Crippen molar-refractivity contribution in [2.24, 2.45) is 16.7 Å². The third kappa shape index (κ3) is 4.08. The topological polar surface area (TPSA) is 91.9 Å². The van der Waals surface area contributed by atoms with Gasteiger partial charge in [0.2, 0.25) is 0 Å². The van der Waals surface area contributed by atoms with E-state index >= 15 is 0 Å². The van der Waals surface area contributed by atoms with Crippen LogP contribution in [0, 0.1) is 28.6 Å². The third-order valence-corrected chi connectivity index (χ3v) is 14.5. The average molecular weight is 678 g/mol. The minimum atomic E-state index is -0.930. The molecule has 1 unspecified atom stereocenters. The monoisotopic (exact) mass is 677 g/mol. The van der Waals surface area contributed by atoms with Gasteiger partial charge in [-0.15, -0.1) is 0 Å². The zero-order valence-corrected chi connectivity index (χ0v) is 31.6. The predicted octanol–water partition coefficient (Wildman–Crippen LogP) is 8.40. The fraction of sp³-hybridized carbons (Fsp3) is 0.568. The summed E-state index contributed by atoms with van der Waals surface area (Å²) in [5, 5.41) is 35.0. The molecule has 8 atom stereocenters. The number of hydrogen-bond donors (Lipinski definition) is 3. The van der Waals surface area contributed by atoms with Crippen LogP contribution in [0.1, 0.15) is 140 Å². The number of benzene rings is 1. The van der Waals surface area contributed by atoms with Crippen LogP contribution in [0.3, 0.4) is 0 Å². The first kappa shape index (κ1) is 34.3. The summed E-state index contributed by atoms with van der Waals surface area (Å²) in [7, 11) is 0. The normalized spacial score (nSPS) is 37.8. The first-order valence-electron chi connectivity index (χ1n) is 18.7. The number of hydrogen-bond acceptors (Lipinski definition) is 5. The average Bonchev–Trinajstić information content (AvgIpc) is 3.67. The number of ketones is 1. The molecule has 8 rings (SSSR count). The van der Waals surface area contributed by atoms with Crippen molar-refractivity contribution < 1.29 is 24.9 Å². The number of carbonyl (C=O) groups is 1.